The Morgan fingerprint density at radius 2 is 1.88 bits per heavy atom. The van der Waals surface area contributed by atoms with Crippen LogP contribution < -0.4 is 20.2 Å². The second-order valence-electron chi connectivity index (χ2n) is 5.81. The van der Waals surface area contributed by atoms with E-state index in [4.69, 9.17) is 9.47 Å². The number of nitrogens with one attached hydrogen (secondary N) is 2. The zero-order valence-corrected chi connectivity index (χ0v) is 15.6. The van der Waals surface area contributed by atoms with Gasteiger partial charge in [0.25, 0.3) is 5.91 Å². The van der Waals surface area contributed by atoms with Crippen LogP contribution in [0.3, 0.4) is 0 Å². The Kier molecular flexibility index (Phi) is 7.02. The molecule has 0 heterocycles. The summed E-state index contributed by atoms with van der Waals surface area (Å²) in [6.45, 7) is 3.97. The highest BCUT2D eigenvalue weighted by Crippen LogP contribution is 2.23. The van der Waals surface area contributed by atoms with E-state index in [9.17, 15) is 4.79 Å². The standard InChI is InChI=1S/C20H25N3O3/c1-5-18(22-16-9-6-14(2)7-10-16)20(24)23-21-13-15-8-11-17(25-3)12-19(15)26-4/h6-13,18,22H,5H2,1-4H3,(H,23,24)/t18-/m1/s1. The van der Waals surface area contributed by atoms with E-state index in [1.807, 2.05) is 44.2 Å². The molecule has 2 aromatic carbocycles. The molecule has 1 atom stereocenters. The summed E-state index contributed by atoms with van der Waals surface area (Å²) in [5.74, 6) is 1.11. The Bertz CT molecular complexity index is 757. The number of aryl methyl sites for hydroxylation is 1. The maximum atomic E-state index is 12.4. The summed E-state index contributed by atoms with van der Waals surface area (Å²) in [5.41, 5.74) is 5.39. The van der Waals surface area contributed by atoms with Gasteiger partial charge in [0, 0.05) is 17.3 Å². The molecule has 0 fully saturated rings. The van der Waals surface area contributed by atoms with Gasteiger partial charge in [0.2, 0.25) is 0 Å². The predicted molar refractivity (Wildman–Crippen MR) is 104 cm³/mol. The first-order valence-corrected chi connectivity index (χ1v) is 8.45. The number of nitrogens with zero attached hydrogens (tertiary/aromatic N) is 1. The highest BCUT2D eigenvalue weighted by Gasteiger charge is 2.15. The van der Waals surface area contributed by atoms with Crippen molar-refractivity contribution in [2.45, 2.75) is 26.3 Å². The fourth-order valence-corrected chi connectivity index (χ4v) is 2.37. The summed E-state index contributed by atoms with van der Waals surface area (Å²) in [4.78, 5) is 12.4. The zero-order chi connectivity index (χ0) is 18.9. The lowest BCUT2D eigenvalue weighted by atomic mass is 10.1. The second-order valence-corrected chi connectivity index (χ2v) is 5.81. The van der Waals surface area contributed by atoms with E-state index < -0.39 is 0 Å². The van der Waals surface area contributed by atoms with Gasteiger partial charge in [0.15, 0.2) is 0 Å². The first-order chi connectivity index (χ1) is 12.6. The van der Waals surface area contributed by atoms with E-state index in [2.05, 4.69) is 15.8 Å². The summed E-state index contributed by atoms with van der Waals surface area (Å²) >= 11 is 0. The van der Waals surface area contributed by atoms with Gasteiger partial charge in [0.05, 0.1) is 20.4 Å². The van der Waals surface area contributed by atoms with Crippen LogP contribution in [0.5, 0.6) is 11.5 Å². The zero-order valence-electron chi connectivity index (χ0n) is 15.6. The smallest absolute Gasteiger partial charge is 0.262 e. The van der Waals surface area contributed by atoms with Crippen molar-refractivity contribution < 1.29 is 14.3 Å². The van der Waals surface area contributed by atoms with Crippen molar-refractivity contribution in [3.8, 4) is 11.5 Å². The van der Waals surface area contributed by atoms with Gasteiger partial charge in [0.1, 0.15) is 17.5 Å². The molecule has 0 radical (unpaired) electrons. The molecule has 6 heteroatoms. The number of hydrogen-bond donors (Lipinski definition) is 2. The lowest BCUT2D eigenvalue weighted by molar-refractivity contribution is -0.121. The third-order valence-corrected chi connectivity index (χ3v) is 3.94. The number of ether oxygens (including phenoxy) is 2. The third-order valence-electron chi connectivity index (χ3n) is 3.94. The van der Waals surface area contributed by atoms with Crippen LogP contribution in [-0.4, -0.2) is 32.4 Å². The van der Waals surface area contributed by atoms with Crippen molar-refractivity contribution >= 4 is 17.8 Å². The highest BCUT2D eigenvalue weighted by atomic mass is 16.5. The van der Waals surface area contributed by atoms with Gasteiger partial charge in [-0.1, -0.05) is 24.6 Å². The minimum absolute atomic E-state index is 0.197. The van der Waals surface area contributed by atoms with Gasteiger partial charge in [-0.05, 0) is 37.6 Å². The van der Waals surface area contributed by atoms with Crippen LogP contribution >= 0.6 is 0 Å². The molecular weight excluding hydrogens is 330 g/mol. The van der Waals surface area contributed by atoms with E-state index in [0.717, 1.165) is 11.3 Å². The summed E-state index contributed by atoms with van der Waals surface area (Å²) in [7, 11) is 3.16. The average Bonchev–Trinajstić information content (AvgIpc) is 2.67. The Hall–Kier alpha value is -3.02. The SMILES string of the molecule is CC[C@@H](Nc1ccc(C)cc1)C(=O)NN=Cc1ccc(OC)cc1OC. The monoisotopic (exact) mass is 355 g/mol. The number of carbonyl (C=O) groups excluding carboxylic acids is 1. The molecule has 6 nitrogen and oxygen atoms in total. The number of anilines is 1. The molecule has 2 N–H and O–H groups in total. The fourth-order valence-electron chi connectivity index (χ4n) is 2.37. The van der Waals surface area contributed by atoms with Crippen LogP contribution in [0.2, 0.25) is 0 Å². The quantitative estimate of drug-likeness (QED) is 0.563. The van der Waals surface area contributed by atoms with E-state index in [0.29, 0.717) is 17.9 Å². The minimum atomic E-state index is -0.368. The summed E-state index contributed by atoms with van der Waals surface area (Å²) in [6, 6.07) is 12.9. The normalized spacial score (nSPS) is 11.8. The largest absolute Gasteiger partial charge is 0.497 e. The number of hydrogen-bond acceptors (Lipinski definition) is 5. The average molecular weight is 355 g/mol. The number of carbonyl (C=O) groups is 1. The van der Waals surface area contributed by atoms with Crippen molar-refractivity contribution in [2.24, 2.45) is 5.10 Å². The van der Waals surface area contributed by atoms with Gasteiger partial charge in [-0.3, -0.25) is 4.79 Å². The molecule has 0 saturated heterocycles. The van der Waals surface area contributed by atoms with Crippen LogP contribution in [0, 0.1) is 6.92 Å². The van der Waals surface area contributed by atoms with E-state index in [-0.39, 0.29) is 11.9 Å². The van der Waals surface area contributed by atoms with Crippen LogP contribution in [-0.2, 0) is 4.79 Å². The molecule has 0 saturated carbocycles. The molecule has 138 valence electrons. The molecule has 2 rings (SSSR count). The Morgan fingerprint density at radius 1 is 1.15 bits per heavy atom. The van der Waals surface area contributed by atoms with Gasteiger partial charge < -0.3 is 14.8 Å². The number of methoxy groups -OCH3 is 2. The molecule has 0 aliphatic heterocycles. The molecule has 0 aliphatic rings. The van der Waals surface area contributed by atoms with E-state index in [1.165, 1.54) is 5.56 Å². The summed E-state index contributed by atoms with van der Waals surface area (Å²) < 4.78 is 10.5. The van der Waals surface area contributed by atoms with E-state index in [1.54, 1.807) is 32.6 Å². The molecule has 0 unspecified atom stereocenters. The fraction of sp³-hybridized carbons (Fsp3) is 0.300. The lowest BCUT2D eigenvalue weighted by Crippen LogP contribution is -2.36. The predicted octanol–water partition coefficient (Wildman–Crippen LogP) is 3.35. The number of amides is 1. The Labute approximate surface area is 154 Å². The van der Waals surface area contributed by atoms with Gasteiger partial charge in [-0.2, -0.15) is 5.10 Å². The molecule has 0 bridgehead atoms. The maximum Gasteiger partial charge on any atom is 0.262 e. The molecule has 0 aliphatic carbocycles. The van der Waals surface area contributed by atoms with Crippen molar-refractivity contribution in [1.82, 2.24) is 5.43 Å². The first kappa shape index (κ1) is 19.3. The van der Waals surface area contributed by atoms with Crippen LogP contribution in [0.25, 0.3) is 0 Å². The second kappa shape index (κ2) is 9.46. The first-order valence-electron chi connectivity index (χ1n) is 8.45. The topological polar surface area (TPSA) is 72.0 Å². The summed E-state index contributed by atoms with van der Waals surface area (Å²) in [6.07, 6.45) is 2.19. The molecular formula is C20H25N3O3. The van der Waals surface area contributed by atoms with Crippen LogP contribution in [0.4, 0.5) is 5.69 Å². The Balaban J connectivity index is 1.99. The summed E-state index contributed by atoms with van der Waals surface area (Å²) in [5, 5.41) is 7.26. The number of rotatable bonds is 8. The number of benzene rings is 2. The van der Waals surface area contributed by atoms with Gasteiger partial charge >= 0.3 is 0 Å². The highest BCUT2D eigenvalue weighted by molar-refractivity contribution is 5.88. The molecule has 0 spiro atoms. The van der Waals surface area contributed by atoms with Gasteiger partial charge in [-0.25, -0.2) is 5.43 Å². The molecule has 0 aromatic heterocycles. The van der Waals surface area contributed by atoms with Crippen molar-refractivity contribution in [2.75, 3.05) is 19.5 Å². The number of hydrazone groups is 1. The Morgan fingerprint density at radius 3 is 2.50 bits per heavy atom. The third kappa shape index (κ3) is 5.24. The molecule has 1 amide bonds. The van der Waals surface area contributed by atoms with Crippen molar-refractivity contribution in [1.29, 1.82) is 0 Å². The lowest BCUT2D eigenvalue weighted by Gasteiger charge is -2.16. The van der Waals surface area contributed by atoms with Gasteiger partial charge in [-0.15, -0.1) is 0 Å². The minimum Gasteiger partial charge on any atom is -0.497 e. The molecule has 26 heavy (non-hydrogen) atoms. The van der Waals surface area contributed by atoms with Crippen LogP contribution in [0.1, 0.15) is 24.5 Å². The maximum absolute atomic E-state index is 12.4. The van der Waals surface area contributed by atoms with Crippen LogP contribution in [0.15, 0.2) is 47.6 Å². The van der Waals surface area contributed by atoms with Crippen molar-refractivity contribution in [3.05, 3.63) is 53.6 Å². The van der Waals surface area contributed by atoms with Crippen molar-refractivity contribution in [3.63, 3.8) is 0 Å². The molecule has 2 aromatic rings. The van der Waals surface area contributed by atoms with E-state index >= 15 is 0 Å².